The number of amides is 1. The van der Waals surface area contributed by atoms with E-state index >= 15 is 0 Å². The number of nitro benzene ring substituents is 1. The first-order valence-electron chi connectivity index (χ1n) is 5.80. The molecule has 2 N–H and O–H groups in total. The van der Waals surface area contributed by atoms with Gasteiger partial charge in [0.25, 0.3) is 11.6 Å². The summed E-state index contributed by atoms with van der Waals surface area (Å²) in [6.07, 6.45) is 0. The van der Waals surface area contributed by atoms with Gasteiger partial charge in [-0.05, 0) is 19.5 Å². The Morgan fingerprint density at radius 1 is 1.37 bits per heavy atom. The van der Waals surface area contributed by atoms with Crippen LogP contribution in [0.25, 0.3) is 0 Å². The lowest BCUT2D eigenvalue weighted by Gasteiger charge is -2.08. The zero-order valence-electron chi connectivity index (χ0n) is 10.9. The van der Waals surface area contributed by atoms with Crippen LogP contribution in [0, 0.1) is 17.0 Å². The highest BCUT2D eigenvalue weighted by Crippen LogP contribution is 2.20. The minimum atomic E-state index is -0.481. The number of halogens is 1. The predicted octanol–water partition coefficient (Wildman–Crippen LogP) is 1.66. The molecule has 19 heavy (non-hydrogen) atoms. The summed E-state index contributed by atoms with van der Waals surface area (Å²) >= 11 is 0. The first kappa shape index (κ1) is 17.3. The Kier molecular flexibility index (Phi) is 7.71. The maximum absolute atomic E-state index is 11.8. The standard InChI is InChI=1S/C12H17N3O3.ClH/c1-3-13-7-8-14-12(16)10-5-4-6-11(9(10)2)15(17)18;/h4-6,13H,3,7-8H2,1-2H3,(H,14,16);1H. The number of carbonyl (C=O) groups is 1. The van der Waals surface area contributed by atoms with Crippen LogP contribution in [-0.2, 0) is 0 Å². The van der Waals surface area contributed by atoms with Gasteiger partial charge in [-0.15, -0.1) is 12.4 Å². The van der Waals surface area contributed by atoms with Crippen LogP contribution in [0.2, 0.25) is 0 Å². The number of rotatable bonds is 6. The number of benzene rings is 1. The molecule has 0 heterocycles. The highest BCUT2D eigenvalue weighted by molar-refractivity contribution is 5.96. The average molecular weight is 288 g/mol. The van der Waals surface area contributed by atoms with Crippen LogP contribution < -0.4 is 10.6 Å². The highest BCUT2D eigenvalue weighted by Gasteiger charge is 2.17. The van der Waals surface area contributed by atoms with Gasteiger partial charge >= 0.3 is 0 Å². The topological polar surface area (TPSA) is 84.3 Å². The minimum Gasteiger partial charge on any atom is -0.351 e. The van der Waals surface area contributed by atoms with E-state index in [2.05, 4.69) is 10.6 Å². The quantitative estimate of drug-likeness (QED) is 0.473. The smallest absolute Gasteiger partial charge is 0.273 e. The predicted molar refractivity (Wildman–Crippen MR) is 76.0 cm³/mol. The average Bonchev–Trinajstić information content (AvgIpc) is 2.34. The van der Waals surface area contributed by atoms with Gasteiger partial charge in [0, 0.05) is 30.3 Å². The molecule has 0 unspecified atom stereocenters. The number of hydrogen-bond donors (Lipinski definition) is 2. The molecular weight excluding hydrogens is 270 g/mol. The SMILES string of the molecule is CCNCCNC(=O)c1cccc([N+](=O)[O-])c1C.Cl. The van der Waals surface area contributed by atoms with Crippen LogP contribution in [0.4, 0.5) is 5.69 Å². The van der Waals surface area contributed by atoms with Crippen molar-refractivity contribution in [3.05, 3.63) is 39.4 Å². The van der Waals surface area contributed by atoms with E-state index in [1.165, 1.54) is 12.1 Å². The van der Waals surface area contributed by atoms with Gasteiger partial charge in [0.05, 0.1) is 4.92 Å². The number of hydrogen-bond acceptors (Lipinski definition) is 4. The van der Waals surface area contributed by atoms with Crippen molar-refractivity contribution in [2.75, 3.05) is 19.6 Å². The molecule has 1 aromatic carbocycles. The summed E-state index contributed by atoms with van der Waals surface area (Å²) in [4.78, 5) is 22.1. The lowest BCUT2D eigenvalue weighted by Crippen LogP contribution is -2.32. The summed E-state index contributed by atoms with van der Waals surface area (Å²) in [5.41, 5.74) is 0.707. The summed E-state index contributed by atoms with van der Waals surface area (Å²) in [6.45, 7) is 5.57. The Labute approximate surface area is 118 Å². The van der Waals surface area contributed by atoms with E-state index in [4.69, 9.17) is 0 Å². The Morgan fingerprint density at radius 3 is 2.63 bits per heavy atom. The van der Waals surface area contributed by atoms with Crippen LogP contribution in [0.15, 0.2) is 18.2 Å². The first-order chi connectivity index (χ1) is 8.57. The third-order valence-corrected chi connectivity index (χ3v) is 2.58. The molecule has 1 aromatic rings. The van der Waals surface area contributed by atoms with E-state index in [1.807, 2.05) is 6.92 Å². The summed E-state index contributed by atoms with van der Waals surface area (Å²) in [5, 5.41) is 16.6. The Morgan fingerprint density at radius 2 is 2.05 bits per heavy atom. The van der Waals surface area contributed by atoms with Crippen molar-refractivity contribution in [1.29, 1.82) is 0 Å². The van der Waals surface area contributed by atoms with E-state index in [1.54, 1.807) is 13.0 Å². The van der Waals surface area contributed by atoms with Gasteiger partial charge in [-0.3, -0.25) is 14.9 Å². The van der Waals surface area contributed by atoms with E-state index in [9.17, 15) is 14.9 Å². The lowest BCUT2D eigenvalue weighted by atomic mass is 10.1. The molecule has 0 aliphatic heterocycles. The molecule has 0 saturated carbocycles. The maximum Gasteiger partial charge on any atom is 0.273 e. The monoisotopic (exact) mass is 287 g/mol. The van der Waals surface area contributed by atoms with Crippen LogP contribution in [-0.4, -0.2) is 30.5 Å². The summed E-state index contributed by atoms with van der Waals surface area (Å²) in [6, 6.07) is 4.50. The normalized spacial score (nSPS) is 9.58. The molecule has 106 valence electrons. The van der Waals surface area contributed by atoms with Crippen molar-refractivity contribution >= 4 is 24.0 Å². The molecule has 0 aromatic heterocycles. The van der Waals surface area contributed by atoms with Crippen molar-refractivity contribution < 1.29 is 9.72 Å². The van der Waals surface area contributed by atoms with Gasteiger partial charge < -0.3 is 10.6 Å². The van der Waals surface area contributed by atoms with Crippen molar-refractivity contribution in [3.8, 4) is 0 Å². The third-order valence-electron chi connectivity index (χ3n) is 2.58. The fraction of sp³-hybridized carbons (Fsp3) is 0.417. The van der Waals surface area contributed by atoms with Crippen molar-refractivity contribution in [3.63, 3.8) is 0 Å². The molecule has 0 fully saturated rings. The molecule has 0 aliphatic carbocycles. The number of nitrogens with zero attached hydrogens (tertiary/aromatic N) is 1. The van der Waals surface area contributed by atoms with E-state index < -0.39 is 4.92 Å². The number of nitrogens with one attached hydrogen (secondary N) is 2. The minimum absolute atomic E-state index is 0. The molecule has 0 aliphatic rings. The summed E-state index contributed by atoms with van der Waals surface area (Å²) < 4.78 is 0. The second-order valence-electron chi connectivity index (χ2n) is 3.82. The van der Waals surface area contributed by atoms with Gasteiger partial charge in [0.2, 0.25) is 0 Å². The van der Waals surface area contributed by atoms with Gasteiger partial charge in [-0.2, -0.15) is 0 Å². The van der Waals surface area contributed by atoms with E-state index in [0.717, 1.165) is 6.54 Å². The third kappa shape index (κ3) is 4.84. The zero-order chi connectivity index (χ0) is 13.5. The van der Waals surface area contributed by atoms with Gasteiger partial charge in [0.15, 0.2) is 0 Å². The molecule has 1 rings (SSSR count). The molecule has 1 amide bonds. The molecule has 0 bridgehead atoms. The number of likely N-dealkylation sites (N-methyl/N-ethyl adjacent to an activating group) is 1. The van der Waals surface area contributed by atoms with Crippen LogP contribution >= 0.6 is 12.4 Å². The van der Waals surface area contributed by atoms with E-state index in [-0.39, 0.29) is 24.0 Å². The fourth-order valence-electron chi connectivity index (χ4n) is 1.60. The van der Waals surface area contributed by atoms with Crippen LogP contribution in [0.3, 0.4) is 0 Å². The Bertz CT molecular complexity index is 452. The molecule has 0 saturated heterocycles. The highest BCUT2D eigenvalue weighted by atomic mass is 35.5. The molecule has 7 heteroatoms. The Hall–Kier alpha value is -1.66. The second-order valence-corrected chi connectivity index (χ2v) is 3.82. The van der Waals surface area contributed by atoms with Crippen LogP contribution in [0.1, 0.15) is 22.8 Å². The van der Waals surface area contributed by atoms with Crippen LogP contribution in [0.5, 0.6) is 0 Å². The van der Waals surface area contributed by atoms with E-state index in [0.29, 0.717) is 24.2 Å². The second kappa shape index (κ2) is 8.44. The fourth-order valence-corrected chi connectivity index (χ4v) is 1.60. The number of nitro groups is 1. The molecular formula is C12H18ClN3O3. The lowest BCUT2D eigenvalue weighted by molar-refractivity contribution is -0.385. The van der Waals surface area contributed by atoms with Gasteiger partial charge in [-0.25, -0.2) is 0 Å². The Balaban J connectivity index is 0.00000324. The van der Waals surface area contributed by atoms with Gasteiger partial charge in [-0.1, -0.05) is 13.0 Å². The van der Waals surface area contributed by atoms with Crippen molar-refractivity contribution in [1.82, 2.24) is 10.6 Å². The molecule has 6 nitrogen and oxygen atoms in total. The largest absolute Gasteiger partial charge is 0.351 e. The van der Waals surface area contributed by atoms with Crippen molar-refractivity contribution in [2.45, 2.75) is 13.8 Å². The molecule has 0 atom stereocenters. The first-order valence-corrected chi connectivity index (χ1v) is 5.80. The molecule has 0 radical (unpaired) electrons. The summed E-state index contributed by atoms with van der Waals surface area (Å²) in [5.74, 6) is -0.283. The molecule has 0 spiro atoms. The summed E-state index contributed by atoms with van der Waals surface area (Å²) in [7, 11) is 0. The maximum atomic E-state index is 11.8. The zero-order valence-corrected chi connectivity index (χ0v) is 11.8. The van der Waals surface area contributed by atoms with Gasteiger partial charge in [0.1, 0.15) is 0 Å². The number of carbonyl (C=O) groups excluding carboxylic acids is 1. The van der Waals surface area contributed by atoms with Crippen molar-refractivity contribution in [2.24, 2.45) is 0 Å².